The van der Waals surface area contributed by atoms with Gasteiger partial charge in [-0.05, 0) is 60.7 Å². The zero-order chi connectivity index (χ0) is 22.0. The lowest BCUT2D eigenvalue weighted by Gasteiger charge is -2.10. The average Bonchev–Trinajstić information content (AvgIpc) is 3.25. The predicted molar refractivity (Wildman–Crippen MR) is 124 cm³/mol. The molecule has 0 aliphatic rings. The molecule has 0 bridgehead atoms. The Labute approximate surface area is 185 Å². The molecule has 0 saturated heterocycles. The largest absolute Gasteiger partial charge is 0.457 e. The molecule has 5 rings (SSSR count). The van der Waals surface area contributed by atoms with Crippen LogP contribution in [0.5, 0.6) is 11.5 Å². The van der Waals surface area contributed by atoms with Gasteiger partial charge in [0.05, 0.1) is 10.6 Å². The standard InChI is InChI=1S/C25H19N3O3S/c29-32(30,23-15-13-22(14-16-23)31-21-6-2-1-3-7-21)27-20-11-9-19(10-12-20)24-18-28-17-5-4-8-25(28)26-24/h1-18,27H. The summed E-state index contributed by atoms with van der Waals surface area (Å²) in [5.41, 5.74) is 3.05. The number of ether oxygens (including phenoxy) is 1. The molecule has 0 unspecified atom stereocenters. The van der Waals surface area contributed by atoms with Crippen molar-refractivity contribution in [1.29, 1.82) is 0 Å². The van der Waals surface area contributed by atoms with Gasteiger partial charge in [0.1, 0.15) is 17.1 Å². The Morgan fingerprint density at radius 3 is 2.16 bits per heavy atom. The highest BCUT2D eigenvalue weighted by molar-refractivity contribution is 7.92. The number of nitrogens with one attached hydrogen (secondary N) is 1. The predicted octanol–water partition coefficient (Wildman–Crippen LogP) is 5.59. The molecule has 5 aromatic rings. The first kappa shape index (κ1) is 19.8. The lowest BCUT2D eigenvalue weighted by molar-refractivity contribution is 0.482. The molecule has 0 atom stereocenters. The Kier molecular flexibility index (Phi) is 5.09. The quantitative estimate of drug-likeness (QED) is 0.373. The molecular formula is C25H19N3O3S. The van der Waals surface area contributed by atoms with Crippen molar-refractivity contribution < 1.29 is 13.2 Å². The number of benzene rings is 3. The van der Waals surface area contributed by atoms with E-state index in [1.54, 1.807) is 24.3 Å². The second-order valence-corrected chi connectivity index (χ2v) is 8.84. The van der Waals surface area contributed by atoms with Crippen molar-refractivity contribution in [3.63, 3.8) is 0 Å². The van der Waals surface area contributed by atoms with Gasteiger partial charge in [-0.25, -0.2) is 13.4 Å². The maximum absolute atomic E-state index is 12.8. The van der Waals surface area contributed by atoms with E-state index in [0.717, 1.165) is 16.9 Å². The van der Waals surface area contributed by atoms with Gasteiger partial charge in [0, 0.05) is 23.6 Å². The number of aromatic nitrogens is 2. The van der Waals surface area contributed by atoms with Crippen LogP contribution in [0.15, 0.2) is 114 Å². The van der Waals surface area contributed by atoms with Gasteiger partial charge >= 0.3 is 0 Å². The van der Waals surface area contributed by atoms with Crippen molar-refractivity contribution in [2.24, 2.45) is 0 Å². The van der Waals surface area contributed by atoms with Crippen molar-refractivity contribution in [3.05, 3.63) is 109 Å². The van der Waals surface area contributed by atoms with E-state index in [2.05, 4.69) is 9.71 Å². The van der Waals surface area contributed by atoms with E-state index in [-0.39, 0.29) is 4.90 Å². The van der Waals surface area contributed by atoms with Gasteiger partial charge in [0.2, 0.25) is 0 Å². The molecule has 32 heavy (non-hydrogen) atoms. The smallest absolute Gasteiger partial charge is 0.261 e. The maximum atomic E-state index is 12.8. The molecule has 0 spiro atoms. The summed E-state index contributed by atoms with van der Waals surface area (Å²) in [6.45, 7) is 0. The molecule has 3 aromatic carbocycles. The normalized spacial score (nSPS) is 11.4. The molecule has 158 valence electrons. The van der Waals surface area contributed by atoms with Crippen molar-refractivity contribution in [3.8, 4) is 22.8 Å². The second kappa shape index (κ2) is 8.20. The maximum Gasteiger partial charge on any atom is 0.261 e. The van der Waals surface area contributed by atoms with Gasteiger partial charge < -0.3 is 9.14 Å². The van der Waals surface area contributed by atoms with E-state index < -0.39 is 10.0 Å². The summed E-state index contributed by atoms with van der Waals surface area (Å²) in [6.07, 6.45) is 3.87. The molecule has 0 amide bonds. The molecule has 0 aliphatic carbocycles. The van der Waals surface area contributed by atoms with Crippen LogP contribution in [-0.2, 0) is 10.0 Å². The molecule has 2 aromatic heterocycles. The average molecular weight is 442 g/mol. The summed E-state index contributed by atoms with van der Waals surface area (Å²) in [5.74, 6) is 1.25. The molecule has 0 saturated carbocycles. The Bertz CT molecular complexity index is 1430. The van der Waals surface area contributed by atoms with Gasteiger partial charge in [-0.15, -0.1) is 0 Å². The molecular weight excluding hydrogens is 422 g/mol. The number of fused-ring (bicyclic) bond motifs is 1. The SMILES string of the molecule is O=S(=O)(Nc1ccc(-c2cn3ccccc3n2)cc1)c1ccc(Oc2ccccc2)cc1. The highest BCUT2D eigenvalue weighted by atomic mass is 32.2. The summed E-state index contributed by atoms with van der Waals surface area (Å²) < 4.78 is 35.8. The van der Waals surface area contributed by atoms with Crippen LogP contribution in [0.3, 0.4) is 0 Å². The van der Waals surface area contributed by atoms with Crippen LogP contribution in [0, 0.1) is 0 Å². The van der Waals surface area contributed by atoms with Gasteiger partial charge in [-0.3, -0.25) is 4.72 Å². The number of para-hydroxylation sites is 1. The topological polar surface area (TPSA) is 72.7 Å². The third kappa shape index (κ3) is 4.19. The van der Waals surface area contributed by atoms with Gasteiger partial charge in [-0.2, -0.15) is 0 Å². The first-order valence-corrected chi connectivity index (χ1v) is 11.5. The molecule has 0 aliphatic heterocycles. The lowest BCUT2D eigenvalue weighted by Crippen LogP contribution is -2.12. The second-order valence-electron chi connectivity index (χ2n) is 7.16. The first-order chi connectivity index (χ1) is 15.6. The van der Waals surface area contributed by atoms with E-state index in [1.165, 1.54) is 12.1 Å². The van der Waals surface area contributed by atoms with E-state index in [9.17, 15) is 8.42 Å². The summed E-state index contributed by atoms with van der Waals surface area (Å²) in [6, 6.07) is 28.6. The summed E-state index contributed by atoms with van der Waals surface area (Å²) in [5, 5.41) is 0. The van der Waals surface area contributed by atoms with Crippen LogP contribution >= 0.6 is 0 Å². The zero-order valence-corrected chi connectivity index (χ0v) is 17.7. The number of hydrogen-bond acceptors (Lipinski definition) is 4. The zero-order valence-electron chi connectivity index (χ0n) is 16.9. The molecule has 0 radical (unpaired) electrons. The number of anilines is 1. The highest BCUT2D eigenvalue weighted by Crippen LogP contribution is 2.25. The fraction of sp³-hybridized carbons (Fsp3) is 0. The number of sulfonamides is 1. The van der Waals surface area contributed by atoms with E-state index >= 15 is 0 Å². The molecule has 1 N–H and O–H groups in total. The number of rotatable bonds is 6. The number of hydrogen-bond donors (Lipinski definition) is 1. The third-order valence-electron chi connectivity index (χ3n) is 4.91. The van der Waals surface area contributed by atoms with Crippen molar-refractivity contribution in [2.75, 3.05) is 4.72 Å². The Morgan fingerprint density at radius 1 is 0.750 bits per heavy atom. The Hall–Kier alpha value is -4.10. The molecule has 7 heteroatoms. The van der Waals surface area contributed by atoms with Crippen LogP contribution in [0.2, 0.25) is 0 Å². The van der Waals surface area contributed by atoms with Crippen LogP contribution in [0.25, 0.3) is 16.9 Å². The van der Waals surface area contributed by atoms with Crippen molar-refractivity contribution in [1.82, 2.24) is 9.38 Å². The molecule has 0 fully saturated rings. The number of pyridine rings is 1. The van der Waals surface area contributed by atoms with E-state index in [4.69, 9.17) is 4.74 Å². The van der Waals surface area contributed by atoms with Gasteiger partial charge in [0.25, 0.3) is 10.0 Å². The van der Waals surface area contributed by atoms with Gasteiger partial charge in [-0.1, -0.05) is 36.4 Å². The number of imidazole rings is 1. The van der Waals surface area contributed by atoms with E-state index in [1.807, 2.05) is 77.5 Å². The van der Waals surface area contributed by atoms with E-state index in [0.29, 0.717) is 17.2 Å². The van der Waals surface area contributed by atoms with Crippen LogP contribution in [-0.4, -0.2) is 17.8 Å². The minimum atomic E-state index is -3.73. The minimum absolute atomic E-state index is 0.155. The first-order valence-electron chi connectivity index (χ1n) is 9.97. The fourth-order valence-corrected chi connectivity index (χ4v) is 4.37. The fourth-order valence-electron chi connectivity index (χ4n) is 3.31. The van der Waals surface area contributed by atoms with Crippen LogP contribution < -0.4 is 9.46 Å². The monoisotopic (exact) mass is 441 g/mol. The van der Waals surface area contributed by atoms with Crippen LogP contribution in [0.4, 0.5) is 5.69 Å². The highest BCUT2D eigenvalue weighted by Gasteiger charge is 2.15. The summed E-state index contributed by atoms with van der Waals surface area (Å²) >= 11 is 0. The Morgan fingerprint density at radius 2 is 1.44 bits per heavy atom. The minimum Gasteiger partial charge on any atom is -0.457 e. The molecule has 6 nitrogen and oxygen atoms in total. The molecule has 2 heterocycles. The van der Waals surface area contributed by atoms with Crippen molar-refractivity contribution in [2.45, 2.75) is 4.90 Å². The third-order valence-corrected chi connectivity index (χ3v) is 6.31. The summed E-state index contributed by atoms with van der Waals surface area (Å²) in [7, 11) is -3.73. The van der Waals surface area contributed by atoms with Crippen molar-refractivity contribution >= 4 is 21.4 Å². The van der Waals surface area contributed by atoms with Crippen LogP contribution in [0.1, 0.15) is 0 Å². The lowest BCUT2D eigenvalue weighted by atomic mass is 10.1. The summed E-state index contributed by atoms with van der Waals surface area (Å²) in [4.78, 5) is 4.74. The Balaban J connectivity index is 1.30. The van der Waals surface area contributed by atoms with Gasteiger partial charge in [0.15, 0.2) is 0 Å². The number of nitrogens with zero attached hydrogens (tertiary/aromatic N) is 2.